The average molecular weight is 396 g/mol. The molecule has 0 saturated carbocycles. The molecule has 3 heterocycles. The standard InChI is InChI=1S/C21H28N6O2/c1-13-6-4-5-7-15(13)20-16-11-26(17-8-18(28)24-21(22)23-17)9-14(16)10-27(20)19(29)12-25(2)3/h4-8,14,16,20H,9-12H2,1-3H3,(H3,22,23,24,28)/t14-,16-,20+/m1/s1. The first-order valence-electron chi connectivity index (χ1n) is 9.95. The topological polar surface area (TPSA) is 98.6 Å². The van der Waals surface area contributed by atoms with Crippen molar-refractivity contribution in [1.29, 1.82) is 0 Å². The van der Waals surface area contributed by atoms with Crippen LogP contribution >= 0.6 is 0 Å². The Hall–Kier alpha value is -2.87. The van der Waals surface area contributed by atoms with Crippen molar-refractivity contribution in [3.63, 3.8) is 0 Å². The summed E-state index contributed by atoms with van der Waals surface area (Å²) in [6, 6.07) is 9.82. The molecule has 0 radical (unpaired) electrons. The van der Waals surface area contributed by atoms with E-state index in [2.05, 4.69) is 38.8 Å². The Morgan fingerprint density at radius 3 is 2.72 bits per heavy atom. The number of amides is 1. The number of nitrogen functional groups attached to an aromatic ring is 1. The van der Waals surface area contributed by atoms with Crippen LogP contribution < -0.4 is 16.2 Å². The van der Waals surface area contributed by atoms with Gasteiger partial charge >= 0.3 is 0 Å². The highest BCUT2D eigenvalue weighted by molar-refractivity contribution is 5.79. The fraction of sp³-hybridized carbons (Fsp3) is 0.476. The molecule has 0 bridgehead atoms. The first-order chi connectivity index (χ1) is 13.8. The number of likely N-dealkylation sites (N-methyl/N-ethyl adjacent to an activating group) is 1. The number of likely N-dealkylation sites (tertiary alicyclic amines) is 1. The SMILES string of the molecule is Cc1ccccc1[C@H]1[C@@H]2CN(c3cc(=O)[nH]c(N)n3)C[C@@H]2CN1C(=O)CN(C)C. The summed E-state index contributed by atoms with van der Waals surface area (Å²) in [5.41, 5.74) is 7.88. The highest BCUT2D eigenvalue weighted by Gasteiger charge is 2.49. The number of carbonyl (C=O) groups excluding carboxylic acids is 1. The molecule has 2 aromatic rings. The zero-order chi connectivity index (χ0) is 20.7. The zero-order valence-corrected chi connectivity index (χ0v) is 17.1. The molecule has 0 spiro atoms. The van der Waals surface area contributed by atoms with Gasteiger partial charge in [-0.25, -0.2) is 0 Å². The lowest BCUT2D eigenvalue weighted by atomic mass is 9.87. The van der Waals surface area contributed by atoms with Gasteiger partial charge in [0, 0.05) is 37.5 Å². The molecule has 29 heavy (non-hydrogen) atoms. The zero-order valence-electron chi connectivity index (χ0n) is 17.1. The second-order valence-electron chi connectivity index (χ2n) is 8.40. The number of aromatic nitrogens is 2. The Morgan fingerprint density at radius 2 is 2.03 bits per heavy atom. The molecule has 0 unspecified atom stereocenters. The number of H-pyrrole nitrogens is 1. The first-order valence-corrected chi connectivity index (χ1v) is 9.95. The van der Waals surface area contributed by atoms with Gasteiger partial charge in [-0.3, -0.25) is 14.6 Å². The van der Waals surface area contributed by atoms with Crippen LogP contribution in [0.4, 0.5) is 11.8 Å². The van der Waals surface area contributed by atoms with E-state index in [1.165, 1.54) is 17.2 Å². The van der Waals surface area contributed by atoms with Gasteiger partial charge in [-0.2, -0.15) is 4.98 Å². The molecule has 1 amide bonds. The molecule has 0 aliphatic carbocycles. The van der Waals surface area contributed by atoms with E-state index in [0.717, 1.165) is 13.1 Å². The molecule has 1 aromatic heterocycles. The van der Waals surface area contributed by atoms with E-state index in [-0.39, 0.29) is 29.4 Å². The van der Waals surface area contributed by atoms with E-state index >= 15 is 0 Å². The van der Waals surface area contributed by atoms with Gasteiger partial charge in [0.15, 0.2) is 0 Å². The molecular formula is C21H28N6O2. The molecule has 8 heteroatoms. The summed E-state index contributed by atoms with van der Waals surface area (Å²) in [4.78, 5) is 37.7. The minimum absolute atomic E-state index is 0.0259. The fourth-order valence-electron chi connectivity index (χ4n) is 4.79. The van der Waals surface area contributed by atoms with Crippen LogP contribution in [0.2, 0.25) is 0 Å². The number of benzene rings is 1. The van der Waals surface area contributed by atoms with Gasteiger partial charge in [0.25, 0.3) is 5.56 Å². The minimum atomic E-state index is -0.247. The largest absolute Gasteiger partial charge is 0.369 e. The van der Waals surface area contributed by atoms with Crippen molar-refractivity contribution in [2.24, 2.45) is 11.8 Å². The summed E-state index contributed by atoms with van der Waals surface area (Å²) in [5, 5.41) is 0. The van der Waals surface area contributed by atoms with E-state index in [9.17, 15) is 9.59 Å². The van der Waals surface area contributed by atoms with Gasteiger partial charge in [-0.15, -0.1) is 0 Å². The molecule has 154 valence electrons. The summed E-state index contributed by atoms with van der Waals surface area (Å²) in [5.74, 6) is 1.50. The van der Waals surface area contributed by atoms with E-state index < -0.39 is 0 Å². The second kappa shape index (κ2) is 7.51. The van der Waals surface area contributed by atoms with Gasteiger partial charge in [-0.05, 0) is 32.1 Å². The molecule has 2 saturated heterocycles. The first kappa shape index (κ1) is 19.4. The van der Waals surface area contributed by atoms with Crippen LogP contribution in [0, 0.1) is 18.8 Å². The number of aryl methyl sites for hydroxylation is 1. The Kier molecular flexibility index (Phi) is 5.04. The number of nitrogens with zero attached hydrogens (tertiary/aromatic N) is 4. The number of anilines is 2. The third-order valence-electron chi connectivity index (χ3n) is 6.01. The van der Waals surface area contributed by atoms with Crippen LogP contribution in [0.1, 0.15) is 17.2 Å². The number of carbonyl (C=O) groups is 1. The molecule has 3 N–H and O–H groups in total. The van der Waals surface area contributed by atoms with E-state index in [4.69, 9.17) is 5.73 Å². The summed E-state index contributed by atoms with van der Waals surface area (Å²) in [6.45, 7) is 4.71. The van der Waals surface area contributed by atoms with Crippen LogP contribution in [0.25, 0.3) is 0 Å². The van der Waals surface area contributed by atoms with E-state index in [0.29, 0.717) is 24.8 Å². The monoisotopic (exact) mass is 396 g/mol. The summed E-state index contributed by atoms with van der Waals surface area (Å²) in [6.07, 6.45) is 0. The van der Waals surface area contributed by atoms with E-state index in [1.807, 2.05) is 31.1 Å². The quantitative estimate of drug-likeness (QED) is 0.795. The highest BCUT2D eigenvalue weighted by atomic mass is 16.2. The van der Waals surface area contributed by atoms with Gasteiger partial charge < -0.3 is 20.4 Å². The van der Waals surface area contributed by atoms with Crippen LogP contribution in [0.5, 0.6) is 0 Å². The summed E-state index contributed by atoms with van der Waals surface area (Å²) in [7, 11) is 3.84. The third kappa shape index (κ3) is 3.72. The van der Waals surface area contributed by atoms with Crippen LogP contribution in [-0.4, -0.2) is 65.9 Å². The third-order valence-corrected chi connectivity index (χ3v) is 6.01. The molecule has 2 fully saturated rings. The maximum Gasteiger partial charge on any atom is 0.254 e. The predicted molar refractivity (Wildman–Crippen MR) is 113 cm³/mol. The highest BCUT2D eigenvalue weighted by Crippen LogP contribution is 2.46. The van der Waals surface area contributed by atoms with Crippen molar-refractivity contribution >= 4 is 17.7 Å². The number of aromatic amines is 1. The van der Waals surface area contributed by atoms with Crippen molar-refractivity contribution in [3.8, 4) is 0 Å². The Balaban J connectivity index is 1.66. The molecule has 3 atom stereocenters. The van der Waals surface area contributed by atoms with Crippen molar-refractivity contribution < 1.29 is 4.79 Å². The van der Waals surface area contributed by atoms with E-state index in [1.54, 1.807) is 0 Å². The molecule has 2 aliphatic heterocycles. The number of rotatable bonds is 4. The van der Waals surface area contributed by atoms with Gasteiger partial charge in [0.1, 0.15) is 5.82 Å². The number of fused-ring (bicyclic) bond motifs is 1. The molecule has 4 rings (SSSR count). The molecule has 1 aromatic carbocycles. The van der Waals surface area contributed by atoms with Crippen LogP contribution in [0.15, 0.2) is 35.1 Å². The lowest BCUT2D eigenvalue weighted by Gasteiger charge is -2.32. The molecule has 2 aliphatic rings. The maximum atomic E-state index is 13.0. The number of hydrogen-bond donors (Lipinski definition) is 2. The fourth-order valence-corrected chi connectivity index (χ4v) is 4.79. The number of nitrogens with one attached hydrogen (secondary N) is 1. The van der Waals surface area contributed by atoms with Gasteiger partial charge in [-0.1, -0.05) is 24.3 Å². The second-order valence-corrected chi connectivity index (χ2v) is 8.40. The lowest BCUT2D eigenvalue weighted by molar-refractivity contribution is -0.133. The van der Waals surface area contributed by atoms with Crippen molar-refractivity contribution in [1.82, 2.24) is 19.8 Å². The smallest absolute Gasteiger partial charge is 0.254 e. The van der Waals surface area contributed by atoms with Crippen LogP contribution in [0.3, 0.4) is 0 Å². The number of hydrogen-bond acceptors (Lipinski definition) is 6. The lowest BCUT2D eigenvalue weighted by Crippen LogP contribution is -2.40. The summed E-state index contributed by atoms with van der Waals surface area (Å²) >= 11 is 0. The normalized spacial score (nSPS) is 23.7. The average Bonchev–Trinajstić information content (AvgIpc) is 3.19. The Bertz CT molecular complexity index is 972. The van der Waals surface area contributed by atoms with Crippen LogP contribution in [-0.2, 0) is 4.79 Å². The predicted octanol–water partition coefficient (Wildman–Crippen LogP) is 0.858. The minimum Gasteiger partial charge on any atom is -0.369 e. The van der Waals surface area contributed by atoms with Crippen molar-refractivity contribution in [2.45, 2.75) is 13.0 Å². The Morgan fingerprint density at radius 1 is 1.28 bits per heavy atom. The molecule has 8 nitrogen and oxygen atoms in total. The molecular weight excluding hydrogens is 368 g/mol. The van der Waals surface area contributed by atoms with Gasteiger partial charge in [0.05, 0.1) is 12.6 Å². The maximum absolute atomic E-state index is 13.0. The van der Waals surface area contributed by atoms with Crippen molar-refractivity contribution in [2.75, 3.05) is 50.9 Å². The van der Waals surface area contributed by atoms with Gasteiger partial charge in [0.2, 0.25) is 11.9 Å². The summed E-state index contributed by atoms with van der Waals surface area (Å²) < 4.78 is 0. The number of nitrogens with two attached hydrogens (primary N) is 1. The Labute approximate surface area is 170 Å². The van der Waals surface area contributed by atoms with Crippen molar-refractivity contribution in [3.05, 3.63) is 51.8 Å².